The van der Waals surface area contributed by atoms with Gasteiger partial charge in [0.25, 0.3) is 5.91 Å². The molecule has 1 aliphatic heterocycles. The summed E-state index contributed by atoms with van der Waals surface area (Å²) in [4.78, 5) is 20.0. The van der Waals surface area contributed by atoms with Gasteiger partial charge in [0.2, 0.25) is 0 Å². The number of aryl methyl sites for hydroxylation is 1. The number of ether oxygens (including phenoxy) is 1. The molecule has 3 heterocycles. The Kier molecular flexibility index (Phi) is 7.27. The van der Waals surface area contributed by atoms with Crippen LogP contribution in [0.1, 0.15) is 46.4 Å². The number of aliphatic hydroxyl groups excluding tert-OH is 1. The quantitative estimate of drug-likeness (QED) is 0.538. The molecular formula is C28H31FN4O3. The van der Waals surface area contributed by atoms with Crippen LogP contribution >= 0.6 is 0 Å². The van der Waals surface area contributed by atoms with Crippen LogP contribution in [-0.2, 0) is 11.3 Å². The van der Waals surface area contributed by atoms with Crippen LogP contribution in [0.25, 0.3) is 11.3 Å². The molecule has 0 saturated carbocycles. The van der Waals surface area contributed by atoms with Crippen molar-refractivity contribution in [3.63, 3.8) is 0 Å². The molecule has 2 aromatic heterocycles. The van der Waals surface area contributed by atoms with E-state index in [0.29, 0.717) is 23.0 Å². The maximum atomic E-state index is 14.0. The van der Waals surface area contributed by atoms with Crippen LogP contribution in [0.4, 0.5) is 10.1 Å². The molecular weight excluding hydrogens is 459 g/mol. The van der Waals surface area contributed by atoms with Crippen molar-refractivity contribution in [1.29, 1.82) is 0 Å². The number of nitrogens with one attached hydrogen (secondary N) is 1. The third-order valence-electron chi connectivity index (χ3n) is 7.05. The summed E-state index contributed by atoms with van der Waals surface area (Å²) >= 11 is 0. The second kappa shape index (κ2) is 10.7. The molecule has 0 radical (unpaired) electrons. The van der Waals surface area contributed by atoms with E-state index in [-0.39, 0.29) is 18.1 Å². The van der Waals surface area contributed by atoms with Crippen LogP contribution in [0, 0.1) is 12.7 Å². The topological polar surface area (TPSA) is 79.6 Å². The summed E-state index contributed by atoms with van der Waals surface area (Å²) in [6, 6.07) is 8.78. The molecule has 8 heteroatoms. The van der Waals surface area contributed by atoms with E-state index in [1.165, 1.54) is 17.7 Å². The van der Waals surface area contributed by atoms with Gasteiger partial charge in [-0.25, -0.2) is 4.39 Å². The van der Waals surface area contributed by atoms with E-state index < -0.39 is 5.82 Å². The normalized spacial score (nSPS) is 18.6. The molecule has 1 atom stereocenters. The maximum Gasteiger partial charge on any atom is 0.257 e. The number of aromatic nitrogens is 2. The lowest BCUT2D eigenvalue weighted by atomic mass is 9.90. The highest BCUT2D eigenvalue weighted by molar-refractivity contribution is 6.04. The second-order valence-corrected chi connectivity index (χ2v) is 9.39. The van der Waals surface area contributed by atoms with Crippen LogP contribution in [0.5, 0.6) is 0 Å². The number of carbonyl (C=O) groups is 1. The summed E-state index contributed by atoms with van der Waals surface area (Å²) in [5.41, 5.74) is 5.18. The summed E-state index contributed by atoms with van der Waals surface area (Å²) in [5.74, 6) is -0.749. The number of allylic oxidation sites excluding steroid dienone is 1. The number of nitrogens with zero attached hydrogens (tertiary/aromatic N) is 3. The number of hydrogen-bond acceptors (Lipinski definition) is 5. The first-order chi connectivity index (χ1) is 17.5. The predicted molar refractivity (Wildman–Crippen MR) is 137 cm³/mol. The minimum absolute atomic E-state index is 0.232. The average Bonchev–Trinajstić information content (AvgIpc) is 3.40. The molecule has 0 bridgehead atoms. The molecule has 5 rings (SSSR count). The lowest BCUT2D eigenvalue weighted by molar-refractivity contribution is 0.0150. The van der Waals surface area contributed by atoms with Gasteiger partial charge in [0.15, 0.2) is 0 Å². The van der Waals surface area contributed by atoms with Crippen LogP contribution in [0.2, 0.25) is 0 Å². The zero-order valence-corrected chi connectivity index (χ0v) is 20.4. The Morgan fingerprint density at radius 3 is 2.78 bits per heavy atom. The number of morpholine rings is 1. The Balaban J connectivity index is 1.23. The predicted octanol–water partition coefficient (Wildman–Crippen LogP) is 4.33. The van der Waals surface area contributed by atoms with E-state index in [1.807, 2.05) is 13.0 Å². The van der Waals surface area contributed by atoms with E-state index in [2.05, 4.69) is 21.3 Å². The summed E-state index contributed by atoms with van der Waals surface area (Å²) in [7, 11) is 0. The fraction of sp³-hybridized carbons (Fsp3) is 0.357. The molecule has 1 saturated heterocycles. The minimum Gasteiger partial charge on any atom is -0.392 e. The van der Waals surface area contributed by atoms with Gasteiger partial charge in [-0.1, -0.05) is 12.1 Å². The zero-order valence-electron chi connectivity index (χ0n) is 20.4. The highest BCUT2D eigenvalue weighted by Gasteiger charge is 2.24. The summed E-state index contributed by atoms with van der Waals surface area (Å²) in [6.07, 6.45) is 10.5. The lowest BCUT2D eigenvalue weighted by Gasteiger charge is -2.36. The van der Waals surface area contributed by atoms with Gasteiger partial charge in [-0.15, -0.1) is 0 Å². The summed E-state index contributed by atoms with van der Waals surface area (Å²) in [5, 5.41) is 12.1. The smallest absolute Gasteiger partial charge is 0.257 e. The Morgan fingerprint density at radius 1 is 1.25 bits per heavy atom. The van der Waals surface area contributed by atoms with Crippen LogP contribution in [0.15, 0.2) is 55.0 Å². The third-order valence-corrected chi connectivity index (χ3v) is 7.05. The largest absolute Gasteiger partial charge is 0.392 e. The van der Waals surface area contributed by atoms with Crippen molar-refractivity contribution in [2.45, 2.75) is 38.8 Å². The molecule has 1 fully saturated rings. The van der Waals surface area contributed by atoms with Crippen molar-refractivity contribution in [3.8, 4) is 5.69 Å². The molecule has 188 valence electrons. The average molecular weight is 491 g/mol. The van der Waals surface area contributed by atoms with Crippen LogP contribution < -0.4 is 5.32 Å². The number of rotatable bonds is 6. The number of carbonyl (C=O) groups excluding carboxylic acids is 1. The van der Waals surface area contributed by atoms with Gasteiger partial charge < -0.3 is 19.7 Å². The highest BCUT2D eigenvalue weighted by atomic mass is 19.1. The van der Waals surface area contributed by atoms with Gasteiger partial charge in [-0.05, 0) is 61.6 Å². The van der Waals surface area contributed by atoms with Crippen molar-refractivity contribution >= 4 is 17.2 Å². The monoisotopic (exact) mass is 490 g/mol. The molecule has 1 aromatic carbocycles. The third kappa shape index (κ3) is 5.26. The lowest BCUT2D eigenvalue weighted by Crippen LogP contribution is -2.43. The molecule has 1 unspecified atom stereocenters. The van der Waals surface area contributed by atoms with E-state index in [9.17, 15) is 9.18 Å². The second-order valence-electron chi connectivity index (χ2n) is 9.39. The number of hydrogen-bond donors (Lipinski definition) is 2. The first kappa shape index (κ1) is 24.4. The molecule has 7 nitrogen and oxygen atoms in total. The number of anilines is 1. The van der Waals surface area contributed by atoms with E-state index in [0.717, 1.165) is 56.8 Å². The van der Waals surface area contributed by atoms with Crippen molar-refractivity contribution in [3.05, 3.63) is 83.2 Å². The summed E-state index contributed by atoms with van der Waals surface area (Å²) < 4.78 is 21.2. The Bertz CT molecular complexity index is 1280. The van der Waals surface area contributed by atoms with Gasteiger partial charge >= 0.3 is 0 Å². The SMILES string of the molecule is Cc1cc(NC(=O)c2ccn(-c3ccc(CO)c(F)c3)c2)cnc1C1=CCC(N2CCOCC2)CC1. The van der Waals surface area contributed by atoms with Gasteiger partial charge in [-0.3, -0.25) is 14.7 Å². The van der Waals surface area contributed by atoms with Crippen molar-refractivity contribution in [2.24, 2.45) is 0 Å². The van der Waals surface area contributed by atoms with Crippen molar-refractivity contribution in [2.75, 3.05) is 31.6 Å². The Labute approximate surface area is 210 Å². The van der Waals surface area contributed by atoms with E-state index in [4.69, 9.17) is 9.84 Å². The molecule has 1 aliphatic carbocycles. The van der Waals surface area contributed by atoms with Gasteiger partial charge in [0.05, 0.1) is 43.0 Å². The van der Waals surface area contributed by atoms with E-state index in [1.54, 1.807) is 35.3 Å². The minimum atomic E-state index is -0.485. The Hall–Kier alpha value is -3.33. The number of pyridine rings is 1. The number of halogens is 1. The maximum absolute atomic E-state index is 14.0. The van der Waals surface area contributed by atoms with Gasteiger partial charge in [0.1, 0.15) is 5.82 Å². The molecule has 2 N–H and O–H groups in total. The fourth-order valence-corrected chi connectivity index (χ4v) is 5.01. The molecule has 36 heavy (non-hydrogen) atoms. The number of aliphatic hydroxyl groups is 1. The standard InChI is InChI=1S/C28H31FN4O3/c1-19-14-23(16-30-27(19)20-2-5-24(6-3-20)32-10-12-36-13-11-32)31-28(35)21-8-9-33(17-21)25-7-4-22(18-34)26(29)15-25/h2,4,7-9,14-17,24,34H,3,5-6,10-13,18H2,1H3,(H,31,35). The highest BCUT2D eigenvalue weighted by Crippen LogP contribution is 2.31. The number of benzene rings is 1. The van der Waals surface area contributed by atoms with Crippen molar-refractivity contribution in [1.82, 2.24) is 14.5 Å². The van der Waals surface area contributed by atoms with E-state index >= 15 is 0 Å². The van der Waals surface area contributed by atoms with Crippen molar-refractivity contribution < 1.29 is 19.0 Å². The first-order valence-electron chi connectivity index (χ1n) is 12.4. The van der Waals surface area contributed by atoms with Gasteiger partial charge in [-0.2, -0.15) is 0 Å². The molecule has 3 aromatic rings. The molecule has 1 amide bonds. The van der Waals surface area contributed by atoms with Crippen LogP contribution in [0.3, 0.4) is 0 Å². The molecule has 0 spiro atoms. The first-order valence-corrected chi connectivity index (χ1v) is 12.4. The number of amides is 1. The fourth-order valence-electron chi connectivity index (χ4n) is 5.01. The Morgan fingerprint density at radius 2 is 2.08 bits per heavy atom. The van der Waals surface area contributed by atoms with Crippen LogP contribution in [-0.4, -0.2) is 57.8 Å². The summed E-state index contributed by atoms with van der Waals surface area (Å²) in [6.45, 7) is 5.33. The molecule has 2 aliphatic rings. The van der Waals surface area contributed by atoms with Gasteiger partial charge in [0, 0.05) is 42.8 Å². The zero-order chi connectivity index (χ0) is 25.1.